The van der Waals surface area contributed by atoms with Crippen molar-refractivity contribution < 1.29 is 23.8 Å². The molecule has 2 aromatic rings. The molecule has 0 unspecified atom stereocenters. The molecule has 0 atom stereocenters. The summed E-state index contributed by atoms with van der Waals surface area (Å²) in [6.07, 6.45) is 1.96. The van der Waals surface area contributed by atoms with Crippen molar-refractivity contribution in [3.05, 3.63) is 58.8 Å². The Morgan fingerprint density at radius 1 is 1.16 bits per heavy atom. The Kier molecular flexibility index (Phi) is 4.57. The molecule has 2 aromatic carbocycles. The van der Waals surface area contributed by atoms with Crippen molar-refractivity contribution in [2.24, 2.45) is 0 Å². The number of ketones is 1. The third-order valence-corrected chi connectivity index (χ3v) is 3.88. The summed E-state index contributed by atoms with van der Waals surface area (Å²) in [7, 11) is 1.60. The lowest BCUT2D eigenvalue weighted by atomic mass is 10.0. The molecule has 0 aliphatic carbocycles. The lowest BCUT2D eigenvalue weighted by Gasteiger charge is -2.06. The van der Waals surface area contributed by atoms with Crippen LogP contribution in [0.25, 0.3) is 6.08 Å². The second-order valence-corrected chi connectivity index (χ2v) is 5.65. The Labute approximate surface area is 145 Å². The molecular formula is C20H18O5. The van der Waals surface area contributed by atoms with Crippen molar-refractivity contribution in [3.8, 4) is 17.2 Å². The molecule has 1 aliphatic rings. The minimum Gasteiger partial charge on any atom is -0.497 e. The quantitative estimate of drug-likeness (QED) is 0.480. The molecule has 5 nitrogen and oxygen atoms in total. The molecule has 0 radical (unpaired) electrons. The fourth-order valence-electron chi connectivity index (χ4n) is 2.59. The predicted octanol–water partition coefficient (Wildman–Crippen LogP) is 3.94. The Balaban J connectivity index is 1.90. The molecule has 1 aliphatic heterocycles. The molecule has 1 heterocycles. The van der Waals surface area contributed by atoms with Crippen LogP contribution in [0.15, 0.2) is 42.2 Å². The van der Waals surface area contributed by atoms with Crippen molar-refractivity contribution in [1.82, 2.24) is 0 Å². The van der Waals surface area contributed by atoms with E-state index < -0.39 is 0 Å². The molecule has 0 bridgehead atoms. The normalized spacial score (nSPS) is 14.2. The number of Topliss-reactive ketones (excluding diaryl/α,β-unsaturated/α-hetero) is 1. The van der Waals surface area contributed by atoms with Gasteiger partial charge in [0.05, 0.1) is 12.7 Å². The summed E-state index contributed by atoms with van der Waals surface area (Å²) in [5, 5.41) is 0. The van der Waals surface area contributed by atoms with Gasteiger partial charge in [0.15, 0.2) is 5.76 Å². The van der Waals surface area contributed by atoms with Crippen LogP contribution in [0.4, 0.5) is 0 Å². The summed E-state index contributed by atoms with van der Waals surface area (Å²) in [6, 6.07) is 10.5. The zero-order valence-electron chi connectivity index (χ0n) is 14.3. The number of benzene rings is 2. The molecule has 5 heteroatoms. The first-order valence-corrected chi connectivity index (χ1v) is 7.95. The molecule has 0 aromatic heterocycles. The maximum atomic E-state index is 12.6. The topological polar surface area (TPSA) is 61.8 Å². The van der Waals surface area contributed by atoms with Gasteiger partial charge in [-0.3, -0.25) is 9.59 Å². The van der Waals surface area contributed by atoms with Crippen molar-refractivity contribution in [3.63, 3.8) is 0 Å². The highest BCUT2D eigenvalue weighted by atomic mass is 16.5. The number of ether oxygens (including phenoxy) is 3. The lowest BCUT2D eigenvalue weighted by Crippen LogP contribution is -2.06. The molecule has 25 heavy (non-hydrogen) atoms. The number of hydrogen-bond donors (Lipinski definition) is 0. The van der Waals surface area contributed by atoms with Gasteiger partial charge < -0.3 is 14.2 Å². The Morgan fingerprint density at radius 2 is 1.88 bits per heavy atom. The predicted molar refractivity (Wildman–Crippen MR) is 93.0 cm³/mol. The van der Waals surface area contributed by atoms with Gasteiger partial charge in [-0.15, -0.1) is 0 Å². The number of allylic oxidation sites excluding steroid dienone is 1. The first-order chi connectivity index (χ1) is 12.0. The van der Waals surface area contributed by atoms with Crippen LogP contribution in [0.2, 0.25) is 0 Å². The molecule has 0 amide bonds. The second-order valence-electron chi connectivity index (χ2n) is 5.65. The van der Waals surface area contributed by atoms with Gasteiger partial charge in [0.2, 0.25) is 5.78 Å². The number of fused-ring (bicyclic) bond motifs is 1. The summed E-state index contributed by atoms with van der Waals surface area (Å²) >= 11 is 0. The van der Waals surface area contributed by atoms with E-state index >= 15 is 0 Å². The third kappa shape index (κ3) is 3.40. The van der Waals surface area contributed by atoms with Crippen LogP contribution >= 0.6 is 0 Å². The van der Waals surface area contributed by atoms with E-state index in [1.807, 2.05) is 24.3 Å². The summed E-state index contributed by atoms with van der Waals surface area (Å²) in [5.74, 6) is 1.24. The van der Waals surface area contributed by atoms with Gasteiger partial charge >= 0.3 is 5.97 Å². The minimum atomic E-state index is -0.335. The Hall–Kier alpha value is -3.08. The Morgan fingerprint density at radius 3 is 2.52 bits per heavy atom. The van der Waals surface area contributed by atoms with Gasteiger partial charge in [-0.05, 0) is 42.3 Å². The minimum absolute atomic E-state index is 0.184. The van der Waals surface area contributed by atoms with Crippen LogP contribution in [0.1, 0.15) is 34.8 Å². The number of rotatable bonds is 4. The maximum absolute atomic E-state index is 12.6. The van der Waals surface area contributed by atoms with Gasteiger partial charge in [-0.1, -0.05) is 19.1 Å². The van der Waals surface area contributed by atoms with Crippen LogP contribution in [0, 0.1) is 6.92 Å². The highest BCUT2D eigenvalue weighted by Gasteiger charge is 2.30. The molecule has 0 spiro atoms. The number of aryl methyl sites for hydroxylation is 1. The monoisotopic (exact) mass is 338 g/mol. The van der Waals surface area contributed by atoms with Crippen LogP contribution in [0.5, 0.6) is 17.2 Å². The smallest absolute Gasteiger partial charge is 0.310 e. The molecule has 0 saturated heterocycles. The summed E-state index contributed by atoms with van der Waals surface area (Å²) < 4.78 is 16.0. The lowest BCUT2D eigenvalue weighted by molar-refractivity contribution is -0.134. The molecule has 0 N–H and O–H groups in total. The molecule has 3 rings (SSSR count). The first kappa shape index (κ1) is 16.8. The zero-order chi connectivity index (χ0) is 18.0. The van der Waals surface area contributed by atoms with E-state index in [2.05, 4.69) is 0 Å². The Bertz CT molecular complexity index is 862. The van der Waals surface area contributed by atoms with E-state index in [4.69, 9.17) is 14.2 Å². The number of esters is 1. The van der Waals surface area contributed by atoms with E-state index in [1.54, 1.807) is 39.2 Å². The number of carbonyl (C=O) groups excluding carboxylic acids is 2. The average Bonchev–Trinajstić information content (AvgIpc) is 2.91. The number of methoxy groups -OCH3 is 1. The second kappa shape index (κ2) is 6.81. The highest BCUT2D eigenvalue weighted by Crippen LogP contribution is 2.37. The van der Waals surface area contributed by atoms with Crippen LogP contribution in [-0.2, 0) is 4.79 Å². The van der Waals surface area contributed by atoms with Gasteiger partial charge in [0, 0.05) is 12.5 Å². The standard InChI is InChI=1S/C20H18O5/c1-4-18(21)24-15-9-12(2)19-16(11-15)25-17(20(19)22)10-13-5-7-14(23-3)8-6-13/h5-11H,4H2,1-3H3/b17-10-. The van der Waals surface area contributed by atoms with Gasteiger partial charge in [-0.25, -0.2) is 0 Å². The fraction of sp³-hybridized carbons (Fsp3) is 0.200. The van der Waals surface area contributed by atoms with Crippen LogP contribution < -0.4 is 14.2 Å². The van der Waals surface area contributed by atoms with Crippen molar-refractivity contribution in [2.75, 3.05) is 7.11 Å². The number of carbonyl (C=O) groups is 2. The molecule has 0 fully saturated rings. The first-order valence-electron chi connectivity index (χ1n) is 7.95. The fourth-order valence-corrected chi connectivity index (χ4v) is 2.59. The van der Waals surface area contributed by atoms with Crippen LogP contribution in [-0.4, -0.2) is 18.9 Å². The highest BCUT2D eigenvalue weighted by molar-refractivity contribution is 6.15. The third-order valence-electron chi connectivity index (χ3n) is 3.88. The van der Waals surface area contributed by atoms with E-state index in [0.29, 0.717) is 22.6 Å². The van der Waals surface area contributed by atoms with E-state index in [9.17, 15) is 9.59 Å². The van der Waals surface area contributed by atoms with Crippen LogP contribution in [0.3, 0.4) is 0 Å². The largest absolute Gasteiger partial charge is 0.497 e. The van der Waals surface area contributed by atoms with E-state index in [1.165, 1.54) is 0 Å². The van der Waals surface area contributed by atoms with Crippen molar-refractivity contribution in [1.29, 1.82) is 0 Å². The maximum Gasteiger partial charge on any atom is 0.310 e. The van der Waals surface area contributed by atoms with Gasteiger partial charge in [0.1, 0.15) is 17.2 Å². The van der Waals surface area contributed by atoms with Gasteiger partial charge in [-0.2, -0.15) is 0 Å². The van der Waals surface area contributed by atoms with Gasteiger partial charge in [0.25, 0.3) is 0 Å². The molecule has 0 saturated carbocycles. The summed E-state index contributed by atoms with van der Waals surface area (Å²) in [5.41, 5.74) is 2.03. The van der Waals surface area contributed by atoms with E-state index in [0.717, 1.165) is 11.3 Å². The SMILES string of the molecule is CCC(=O)Oc1cc(C)c2c(c1)O/C(=C\c1ccc(OC)cc1)C2=O. The number of hydrogen-bond acceptors (Lipinski definition) is 5. The summed E-state index contributed by atoms with van der Waals surface area (Å²) in [6.45, 7) is 3.51. The molecule has 128 valence electrons. The summed E-state index contributed by atoms with van der Waals surface area (Å²) in [4.78, 5) is 24.1. The molecular weight excluding hydrogens is 320 g/mol. The zero-order valence-corrected chi connectivity index (χ0v) is 14.3. The van der Waals surface area contributed by atoms with E-state index in [-0.39, 0.29) is 23.9 Å². The van der Waals surface area contributed by atoms with Crippen molar-refractivity contribution in [2.45, 2.75) is 20.3 Å². The van der Waals surface area contributed by atoms with Crippen molar-refractivity contribution >= 4 is 17.8 Å². The average molecular weight is 338 g/mol.